The quantitative estimate of drug-likeness (QED) is 0.916. The summed E-state index contributed by atoms with van der Waals surface area (Å²) in [6.07, 6.45) is -0.0438. The van der Waals surface area contributed by atoms with E-state index in [0.29, 0.717) is 35.3 Å². The molecule has 0 bridgehead atoms. The van der Waals surface area contributed by atoms with E-state index in [2.05, 4.69) is 5.32 Å². The summed E-state index contributed by atoms with van der Waals surface area (Å²) in [5.41, 5.74) is 1.20. The SMILES string of the molecule is CC(NC(=O)Cc1ccc(Cl)cc1F)c1ccc2c(c1)OCCO2. The third kappa shape index (κ3) is 3.79. The number of halogens is 2. The monoisotopic (exact) mass is 349 g/mol. The standard InChI is InChI=1S/C18H17ClFNO3/c1-11(12-3-5-16-17(8-12)24-7-6-23-16)21-18(22)9-13-2-4-14(19)10-15(13)20/h2-5,8,10-11H,6-7,9H2,1H3,(H,21,22). The molecule has 4 nitrogen and oxygen atoms in total. The molecule has 1 N–H and O–H groups in total. The summed E-state index contributed by atoms with van der Waals surface area (Å²) in [4.78, 5) is 12.2. The van der Waals surface area contributed by atoms with Crippen molar-refractivity contribution in [3.8, 4) is 11.5 Å². The van der Waals surface area contributed by atoms with Gasteiger partial charge >= 0.3 is 0 Å². The van der Waals surface area contributed by atoms with Crippen molar-refractivity contribution in [1.82, 2.24) is 5.32 Å². The summed E-state index contributed by atoms with van der Waals surface area (Å²) >= 11 is 5.71. The van der Waals surface area contributed by atoms with Crippen molar-refractivity contribution in [1.29, 1.82) is 0 Å². The highest BCUT2D eigenvalue weighted by atomic mass is 35.5. The molecule has 1 unspecified atom stereocenters. The Hall–Kier alpha value is -2.27. The van der Waals surface area contributed by atoms with Crippen LogP contribution in [0.5, 0.6) is 11.5 Å². The third-order valence-corrected chi connectivity index (χ3v) is 4.04. The average molecular weight is 350 g/mol. The lowest BCUT2D eigenvalue weighted by Gasteiger charge is -2.21. The largest absolute Gasteiger partial charge is 0.486 e. The number of carbonyl (C=O) groups excluding carboxylic acids is 1. The van der Waals surface area contributed by atoms with Gasteiger partial charge in [0, 0.05) is 5.02 Å². The van der Waals surface area contributed by atoms with Gasteiger partial charge in [-0.25, -0.2) is 4.39 Å². The van der Waals surface area contributed by atoms with E-state index in [-0.39, 0.29) is 18.4 Å². The van der Waals surface area contributed by atoms with Crippen molar-refractivity contribution in [3.63, 3.8) is 0 Å². The second-order valence-electron chi connectivity index (χ2n) is 5.60. The van der Waals surface area contributed by atoms with Crippen LogP contribution in [0.1, 0.15) is 24.1 Å². The number of amides is 1. The number of rotatable bonds is 4. The first-order valence-corrected chi connectivity index (χ1v) is 8.03. The second-order valence-corrected chi connectivity index (χ2v) is 6.04. The van der Waals surface area contributed by atoms with Crippen LogP contribution >= 0.6 is 11.6 Å². The number of carbonyl (C=O) groups is 1. The molecular formula is C18H17ClFNO3. The van der Waals surface area contributed by atoms with E-state index in [1.54, 1.807) is 6.07 Å². The van der Waals surface area contributed by atoms with E-state index in [4.69, 9.17) is 21.1 Å². The number of benzene rings is 2. The smallest absolute Gasteiger partial charge is 0.225 e. The highest BCUT2D eigenvalue weighted by molar-refractivity contribution is 6.30. The lowest BCUT2D eigenvalue weighted by molar-refractivity contribution is -0.121. The maximum absolute atomic E-state index is 13.8. The molecule has 2 aromatic carbocycles. The number of fused-ring (bicyclic) bond motifs is 1. The minimum atomic E-state index is -0.482. The molecule has 2 aromatic rings. The van der Waals surface area contributed by atoms with Crippen LogP contribution in [0.15, 0.2) is 36.4 Å². The van der Waals surface area contributed by atoms with Crippen molar-refractivity contribution in [2.45, 2.75) is 19.4 Å². The Morgan fingerprint density at radius 1 is 1.21 bits per heavy atom. The van der Waals surface area contributed by atoms with Crippen LogP contribution < -0.4 is 14.8 Å². The first-order chi connectivity index (χ1) is 11.5. The molecule has 1 aliphatic rings. The Morgan fingerprint density at radius 3 is 2.71 bits per heavy atom. The van der Waals surface area contributed by atoms with Gasteiger partial charge in [0.25, 0.3) is 0 Å². The Labute approximate surface area is 144 Å². The fourth-order valence-corrected chi connectivity index (χ4v) is 2.70. The predicted molar refractivity (Wildman–Crippen MR) is 89.1 cm³/mol. The predicted octanol–water partition coefficient (Wildman–Crippen LogP) is 3.67. The molecule has 126 valence electrons. The van der Waals surface area contributed by atoms with E-state index >= 15 is 0 Å². The summed E-state index contributed by atoms with van der Waals surface area (Å²) in [5.74, 6) is 0.624. The molecule has 6 heteroatoms. The van der Waals surface area contributed by atoms with Gasteiger partial charge in [0.05, 0.1) is 12.5 Å². The number of nitrogens with one attached hydrogen (secondary N) is 1. The van der Waals surface area contributed by atoms with Gasteiger partial charge in [-0.2, -0.15) is 0 Å². The zero-order valence-corrected chi connectivity index (χ0v) is 13.9. The highest BCUT2D eigenvalue weighted by Crippen LogP contribution is 2.32. The minimum absolute atomic E-state index is 0.0438. The summed E-state index contributed by atoms with van der Waals surface area (Å²) in [6, 6.07) is 9.61. The van der Waals surface area contributed by atoms with E-state index in [9.17, 15) is 9.18 Å². The van der Waals surface area contributed by atoms with Crippen LogP contribution in [0.2, 0.25) is 5.02 Å². The van der Waals surface area contributed by atoms with Crippen molar-refractivity contribution < 1.29 is 18.7 Å². The molecule has 0 aliphatic carbocycles. The molecule has 0 saturated heterocycles. The summed E-state index contributed by atoms with van der Waals surface area (Å²) in [6.45, 7) is 2.90. The molecule has 0 aromatic heterocycles. The Balaban J connectivity index is 1.65. The molecular weight excluding hydrogens is 333 g/mol. The summed E-state index contributed by atoms with van der Waals surface area (Å²) in [5, 5.41) is 3.17. The van der Waals surface area contributed by atoms with Crippen molar-refractivity contribution >= 4 is 17.5 Å². The maximum atomic E-state index is 13.8. The lowest BCUT2D eigenvalue weighted by Crippen LogP contribution is -2.28. The molecule has 1 atom stereocenters. The minimum Gasteiger partial charge on any atom is -0.486 e. The van der Waals surface area contributed by atoms with Crippen LogP contribution in [-0.4, -0.2) is 19.1 Å². The van der Waals surface area contributed by atoms with E-state index < -0.39 is 5.82 Å². The zero-order chi connectivity index (χ0) is 17.1. The van der Waals surface area contributed by atoms with Crippen LogP contribution in [-0.2, 0) is 11.2 Å². The fourth-order valence-electron chi connectivity index (χ4n) is 2.54. The van der Waals surface area contributed by atoms with Crippen LogP contribution in [0.3, 0.4) is 0 Å². The summed E-state index contributed by atoms with van der Waals surface area (Å²) < 4.78 is 24.8. The Morgan fingerprint density at radius 2 is 1.96 bits per heavy atom. The summed E-state index contributed by atoms with van der Waals surface area (Å²) in [7, 11) is 0. The molecule has 1 amide bonds. The molecule has 0 spiro atoms. The normalized spacial score (nSPS) is 14.1. The molecule has 0 fully saturated rings. The van der Waals surface area contributed by atoms with E-state index in [1.807, 2.05) is 25.1 Å². The van der Waals surface area contributed by atoms with Gasteiger partial charge < -0.3 is 14.8 Å². The van der Waals surface area contributed by atoms with Gasteiger partial charge in [0.1, 0.15) is 19.0 Å². The maximum Gasteiger partial charge on any atom is 0.225 e. The van der Waals surface area contributed by atoms with E-state index in [1.165, 1.54) is 12.1 Å². The van der Waals surface area contributed by atoms with Crippen LogP contribution in [0.25, 0.3) is 0 Å². The molecule has 0 radical (unpaired) electrons. The van der Waals surface area contributed by atoms with Gasteiger partial charge in [-0.1, -0.05) is 23.7 Å². The lowest BCUT2D eigenvalue weighted by atomic mass is 10.1. The molecule has 1 aliphatic heterocycles. The van der Waals surface area contributed by atoms with E-state index in [0.717, 1.165) is 5.56 Å². The zero-order valence-electron chi connectivity index (χ0n) is 13.1. The number of ether oxygens (including phenoxy) is 2. The number of hydrogen-bond acceptors (Lipinski definition) is 3. The van der Waals surface area contributed by atoms with Crippen molar-refractivity contribution in [2.75, 3.05) is 13.2 Å². The first kappa shape index (κ1) is 16.6. The van der Waals surface area contributed by atoms with Gasteiger partial charge in [-0.3, -0.25) is 4.79 Å². The molecule has 1 heterocycles. The average Bonchev–Trinajstić information content (AvgIpc) is 2.57. The third-order valence-electron chi connectivity index (χ3n) is 3.81. The van der Waals surface area contributed by atoms with Gasteiger partial charge in [-0.15, -0.1) is 0 Å². The first-order valence-electron chi connectivity index (χ1n) is 7.66. The van der Waals surface area contributed by atoms with Crippen molar-refractivity contribution in [2.24, 2.45) is 0 Å². The highest BCUT2D eigenvalue weighted by Gasteiger charge is 2.16. The molecule has 3 rings (SSSR count). The van der Waals surface area contributed by atoms with Gasteiger partial charge in [0.2, 0.25) is 5.91 Å². The Kier molecular flexibility index (Phi) is 4.90. The molecule has 24 heavy (non-hydrogen) atoms. The fraction of sp³-hybridized carbons (Fsp3) is 0.278. The van der Waals surface area contributed by atoms with Gasteiger partial charge in [-0.05, 0) is 42.3 Å². The topological polar surface area (TPSA) is 47.6 Å². The number of hydrogen-bond donors (Lipinski definition) is 1. The van der Waals surface area contributed by atoms with Crippen LogP contribution in [0.4, 0.5) is 4.39 Å². The molecule has 0 saturated carbocycles. The van der Waals surface area contributed by atoms with Gasteiger partial charge in [0.15, 0.2) is 11.5 Å². The Bertz CT molecular complexity index is 766. The van der Waals surface area contributed by atoms with Crippen LogP contribution in [0, 0.1) is 5.82 Å². The van der Waals surface area contributed by atoms with Crippen molar-refractivity contribution in [3.05, 3.63) is 58.4 Å². The second kappa shape index (κ2) is 7.09.